The van der Waals surface area contributed by atoms with E-state index in [0.717, 1.165) is 4.90 Å². The summed E-state index contributed by atoms with van der Waals surface area (Å²) in [7, 11) is 0. The quantitative estimate of drug-likeness (QED) is 0.611. The first kappa shape index (κ1) is 24.1. The van der Waals surface area contributed by atoms with E-state index in [0.29, 0.717) is 19.4 Å². The smallest absolute Gasteiger partial charge is 0.417 e. The number of nitrogens with one attached hydrogen (secondary N) is 1. The van der Waals surface area contributed by atoms with Crippen molar-refractivity contribution in [2.24, 2.45) is 11.5 Å². The number of alkyl carbamates (subject to hydrolysis) is 1. The van der Waals surface area contributed by atoms with Crippen molar-refractivity contribution in [2.45, 2.75) is 71.6 Å². The first-order chi connectivity index (χ1) is 11.8. The van der Waals surface area contributed by atoms with Crippen molar-refractivity contribution in [1.82, 2.24) is 10.2 Å². The second-order valence-corrected chi connectivity index (χ2v) is 7.94. The Labute approximate surface area is 155 Å². The average molecular weight is 374 g/mol. The molecule has 0 rings (SSSR count). The maximum absolute atomic E-state index is 12.5. The van der Waals surface area contributed by atoms with Crippen molar-refractivity contribution in [3.05, 3.63) is 0 Å². The molecular weight excluding hydrogens is 340 g/mol. The van der Waals surface area contributed by atoms with Gasteiger partial charge in [-0.2, -0.15) is 0 Å². The third-order valence-corrected chi connectivity index (χ3v) is 2.92. The Kier molecular flexibility index (Phi) is 9.58. The monoisotopic (exact) mass is 374 g/mol. The molecule has 0 bridgehead atoms. The van der Waals surface area contributed by atoms with Crippen molar-refractivity contribution in [2.75, 3.05) is 19.6 Å². The Morgan fingerprint density at radius 1 is 1.04 bits per heavy atom. The summed E-state index contributed by atoms with van der Waals surface area (Å²) < 4.78 is 10.4. The van der Waals surface area contributed by atoms with Gasteiger partial charge in [0.1, 0.15) is 11.2 Å². The lowest BCUT2D eigenvalue weighted by Gasteiger charge is -2.28. The molecule has 26 heavy (non-hydrogen) atoms. The van der Waals surface area contributed by atoms with E-state index in [1.807, 2.05) is 0 Å². The molecule has 152 valence electrons. The second-order valence-electron chi connectivity index (χ2n) is 7.94. The lowest BCUT2D eigenvalue weighted by molar-refractivity contribution is -0.131. The van der Waals surface area contributed by atoms with Crippen LogP contribution in [0.3, 0.4) is 0 Å². The number of nitrogens with zero attached hydrogens (tertiary/aromatic N) is 1. The Balaban J connectivity index is 4.90. The highest BCUT2D eigenvalue weighted by atomic mass is 16.6. The minimum Gasteiger partial charge on any atom is -0.444 e. The molecule has 0 heterocycles. The predicted molar refractivity (Wildman–Crippen MR) is 98.4 cm³/mol. The van der Waals surface area contributed by atoms with Gasteiger partial charge in [-0.3, -0.25) is 4.79 Å². The summed E-state index contributed by atoms with van der Waals surface area (Å²) in [6, 6.07) is -0.868. The molecule has 9 nitrogen and oxygen atoms in total. The van der Waals surface area contributed by atoms with Gasteiger partial charge in [0.25, 0.3) is 0 Å². The number of hydrogen-bond acceptors (Lipinski definition) is 7. The summed E-state index contributed by atoms with van der Waals surface area (Å²) in [5.74, 6) is -0.571. The Bertz CT molecular complexity index is 483. The van der Waals surface area contributed by atoms with Crippen LogP contribution in [0.25, 0.3) is 0 Å². The Morgan fingerprint density at radius 3 is 2.04 bits per heavy atom. The van der Waals surface area contributed by atoms with Crippen LogP contribution in [0.15, 0.2) is 0 Å². The largest absolute Gasteiger partial charge is 0.444 e. The minimum absolute atomic E-state index is 0.0174. The van der Waals surface area contributed by atoms with E-state index in [1.54, 1.807) is 41.5 Å². The standard InChI is InChI=1S/C17H34N4O5/c1-16(2,3)25-14(23)20-10-11-21(15(24)26-17(4,5)6)13(22)12(19)8-7-9-18/h12H,7-11,18-19H2,1-6H3,(H,20,23)/t12-/m1/s1. The molecule has 0 aromatic heterocycles. The molecule has 0 saturated heterocycles. The fourth-order valence-electron chi connectivity index (χ4n) is 1.85. The Hall–Kier alpha value is -1.87. The van der Waals surface area contributed by atoms with Crippen molar-refractivity contribution in [3.63, 3.8) is 0 Å². The zero-order valence-corrected chi connectivity index (χ0v) is 16.8. The number of imide groups is 1. The van der Waals surface area contributed by atoms with Gasteiger partial charge in [-0.15, -0.1) is 0 Å². The maximum Gasteiger partial charge on any atom is 0.417 e. The number of nitrogens with two attached hydrogens (primary N) is 2. The third kappa shape index (κ3) is 10.9. The van der Waals surface area contributed by atoms with E-state index >= 15 is 0 Å². The van der Waals surface area contributed by atoms with Crippen LogP contribution in [0, 0.1) is 0 Å². The summed E-state index contributed by atoms with van der Waals surface area (Å²) in [6.07, 6.45) is -0.530. The molecule has 0 aliphatic rings. The number of hydrogen-bond donors (Lipinski definition) is 3. The maximum atomic E-state index is 12.5. The van der Waals surface area contributed by atoms with Gasteiger partial charge < -0.3 is 26.3 Å². The third-order valence-electron chi connectivity index (χ3n) is 2.92. The van der Waals surface area contributed by atoms with Crippen molar-refractivity contribution in [1.29, 1.82) is 0 Å². The highest BCUT2D eigenvalue weighted by molar-refractivity contribution is 5.95. The molecule has 0 unspecified atom stereocenters. The number of amides is 3. The first-order valence-electron chi connectivity index (χ1n) is 8.73. The molecule has 0 spiro atoms. The van der Waals surface area contributed by atoms with E-state index in [2.05, 4.69) is 5.32 Å². The van der Waals surface area contributed by atoms with Gasteiger partial charge in [0.15, 0.2) is 0 Å². The van der Waals surface area contributed by atoms with E-state index in [-0.39, 0.29) is 13.1 Å². The second kappa shape index (κ2) is 10.3. The molecule has 0 aliphatic heterocycles. The van der Waals surface area contributed by atoms with Crippen molar-refractivity contribution in [3.8, 4) is 0 Å². The summed E-state index contributed by atoms with van der Waals surface area (Å²) >= 11 is 0. The van der Waals surface area contributed by atoms with Crippen LogP contribution in [0.1, 0.15) is 54.4 Å². The summed E-state index contributed by atoms with van der Waals surface area (Å²) in [5, 5.41) is 2.50. The fraction of sp³-hybridized carbons (Fsp3) is 0.824. The predicted octanol–water partition coefficient (Wildman–Crippen LogP) is 1.34. The van der Waals surface area contributed by atoms with E-state index in [9.17, 15) is 14.4 Å². The van der Waals surface area contributed by atoms with Crippen LogP contribution in [-0.2, 0) is 14.3 Å². The highest BCUT2D eigenvalue weighted by Gasteiger charge is 2.30. The van der Waals surface area contributed by atoms with Crippen LogP contribution in [0.2, 0.25) is 0 Å². The van der Waals surface area contributed by atoms with Gasteiger partial charge in [-0.05, 0) is 60.9 Å². The van der Waals surface area contributed by atoms with Gasteiger partial charge in [0.05, 0.1) is 6.04 Å². The lowest BCUT2D eigenvalue weighted by atomic mass is 10.1. The number of carbonyl (C=O) groups excluding carboxylic acids is 3. The minimum atomic E-state index is -0.868. The molecule has 5 N–H and O–H groups in total. The number of carbonyl (C=O) groups is 3. The van der Waals surface area contributed by atoms with Crippen LogP contribution < -0.4 is 16.8 Å². The highest BCUT2D eigenvalue weighted by Crippen LogP contribution is 2.11. The molecule has 0 fully saturated rings. The van der Waals surface area contributed by atoms with Crippen molar-refractivity contribution < 1.29 is 23.9 Å². The summed E-state index contributed by atoms with van der Waals surface area (Å²) in [6.45, 7) is 10.6. The van der Waals surface area contributed by atoms with Gasteiger partial charge in [0.2, 0.25) is 5.91 Å². The summed E-state index contributed by atoms with van der Waals surface area (Å²) in [5.41, 5.74) is 9.87. The SMILES string of the molecule is CC(C)(C)OC(=O)NCCN(C(=O)OC(C)(C)C)C(=O)[C@H](N)CCCN. The first-order valence-corrected chi connectivity index (χ1v) is 8.73. The molecule has 0 aromatic rings. The number of ether oxygens (including phenoxy) is 2. The molecule has 0 aromatic carbocycles. The molecule has 1 atom stereocenters. The van der Waals surface area contributed by atoms with Crippen LogP contribution in [-0.4, -0.2) is 59.9 Å². The average Bonchev–Trinajstić information content (AvgIpc) is 2.44. The van der Waals surface area contributed by atoms with Crippen LogP contribution >= 0.6 is 0 Å². The zero-order valence-electron chi connectivity index (χ0n) is 16.8. The molecular formula is C17H34N4O5. The van der Waals surface area contributed by atoms with Gasteiger partial charge in [0, 0.05) is 13.1 Å². The number of rotatable bonds is 7. The van der Waals surface area contributed by atoms with Crippen LogP contribution in [0.5, 0.6) is 0 Å². The van der Waals surface area contributed by atoms with Gasteiger partial charge in [-0.25, -0.2) is 14.5 Å². The molecule has 9 heteroatoms. The molecule has 0 aliphatic carbocycles. The normalized spacial score (nSPS) is 12.9. The lowest BCUT2D eigenvalue weighted by Crippen LogP contribution is -2.51. The van der Waals surface area contributed by atoms with E-state index in [1.165, 1.54) is 0 Å². The van der Waals surface area contributed by atoms with Gasteiger partial charge >= 0.3 is 12.2 Å². The zero-order chi connectivity index (χ0) is 20.5. The molecule has 0 saturated carbocycles. The van der Waals surface area contributed by atoms with Gasteiger partial charge in [-0.1, -0.05) is 0 Å². The summed E-state index contributed by atoms with van der Waals surface area (Å²) in [4.78, 5) is 37.4. The van der Waals surface area contributed by atoms with E-state index in [4.69, 9.17) is 20.9 Å². The molecule has 3 amide bonds. The van der Waals surface area contributed by atoms with Crippen molar-refractivity contribution >= 4 is 18.1 Å². The topological polar surface area (TPSA) is 137 Å². The molecule has 0 radical (unpaired) electrons. The Morgan fingerprint density at radius 2 is 1.58 bits per heavy atom. The van der Waals surface area contributed by atoms with Crippen LogP contribution in [0.4, 0.5) is 9.59 Å². The fourth-order valence-corrected chi connectivity index (χ4v) is 1.85. The van der Waals surface area contributed by atoms with E-state index < -0.39 is 35.3 Å².